The number of nitrogens with zero attached hydrogens (tertiary/aromatic N) is 2. The Morgan fingerprint density at radius 1 is 1.10 bits per heavy atom. The van der Waals surface area contributed by atoms with Crippen LogP contribution in [0.3, 0.4) is 0 Å². The van der Waals surface area contributed by atoms with Crippen molar-refractivity contribution in [3.63, 3.8) is 0 Å². The molecule has 3 aliphatic rings. The predicted octanol–water partition coefficient (Wildman–Crippen LogP) is 4.28. The number of hydrogen-bond acceptors (Lipinski definition) is 6. The zero-order valence-electron chi connectivity index (χ0n) is 25.0. The molecule has 2 saturated heterocycles. The minimum absolute atomic E-state index is 0.0197. The van der Waals surface area contributed by atoms with Gasteiger partial charge in [-0.2, -0.15) is 5.26 Å². The Kier molecular flexibility index (Phi) is 9.63. The lowest BCUT2D eigenvalue weighted by atomic mass is 9.78. The van der Waals surface area contributed by atoms with Gasteiger partial charge in [-0.05, 0) is 56.3 Å². The van der Waals surface area contributed by atoms with Crippen LogP contribution in [0.15, 0.2) is 0 Å². The molecule has 39 heavy (non-hydrogen) atoms. The molecule has 3 rings (SSSR count). The van der Waals surface area contributed by atoms with Gasteiger partial charge in [0.05, 0.1) is 12.1 Å². The van der Waals surface area contributed by atoms with Crippen molar-refractivity contribution in [1.29, 1.82) is 5.26 Å². The van der Waals surface area contributed by atoms with Crippen molar-refractivity contribution in [3.8, 4) is 6.07 Å². The molecule has 3 amide bonds. The van der Waals surface area contributed by atoms with E-state index in [1.54, 1.807) is 25.7 Å². The fourth-order valence-electron chi connectivity index (χ4n) is 6.64. The molecule has 6 atom stereocenters. The third kappa shape index (κ3) is 7.45. The third-order valence-electron chi connectivity index (χ3n) is 9.13. The van der Waals surface area contributed by atoms with E-state index in [4.69, 9.17) is 4.74 Å². The van der Waals surface area contributed by atoms with Crippen LogP contribution in [-0.4, -0.2) is 64.3 Å². The quantitative estimate of drug-likeness (QED) is 0.443. The summed E-state index contributed by atoms with van der Waals surface area (Å²) in [6.07, 6.45) is 6.28. The van der Waals surface area contributed by atoms with Gasteiger partial charge in [0.15, 0.2) is 6.10 Å². The second-order valence-electron chi connectivity index (χ2n) is 14.2. The number of aliphatic hydroxyl groups is 1. The molecular weight excluding hydrogens is 496 g/mol. The lowest BCUT2D eigenvalue weighted by Gasteiger charge is -2.39. The molecule has 0 radical (unpaired) electrons. The minimum Gasteiger partial charge on any atom is -0.444 e. The largest absolute Gasteiger partial charge is 0.444 e. The van der Waals surface area contributed by atoms with E-state index in [1.165, 1.54) is 0 Å². The number of fused-ring (bicyclic) bond motifs is 3. The average molecular weight is 547 g/mol. The van der Waals surface area contributed by atoms with Crippen LogP contribution >= 0.6 is 0 Å². The van der Waals surface area contributed by atoms with E-state index in [9.17, 15) is 24.8 Å². The Labute approximate surface area is 234 Å². The van der Waals surface area contributed by atoms with Gasteiger partial charge in [0, 0.05) is 6.54 Å². The van der Waals surface area contributed by atoms with E-state index >= 15 is 0 Å². The van der Waals surface area contributed by atoms with E-state index in [0.29, 0.717) is 13.0 Å². The van der Waals surface area contributed by atoms with Crippen molar-refractivity contribution >= 4 is 17.9 Å². The van der Waals surface area contributed by atoms with Gasteiger partial charge in [-0.15, -0.1) is 0 Å². The van der Waals surface area contributed by atoms with Gasteiger partial charge >= 0.3 is 6.09 Å². The van der Waals surface area contributed by atoms with Gasteiger partial charge in [0.2, 0.25) is 11.8 Å². The molecule has 9 nitrogen and oxygen atoms in total. The number of ether oxygens (including phenoxy) is 1. The van der Waals surface area contributed by atoms with Crippen LogP contribution in [-0.2, 0) is 14.3 Å². The lowest BCUT2D eigenvalue weighted by molar-refractivity contribution is -0.144. The highest BCUT2D eigenvalue weighted by atomic mass is 16.6. The Hall–Kier alpha value is -2.34. The number of nitrogens with one attached hydrogen (secondary N) is 2. The van der Waals surface area contributed by atoms with Crippen LogP contribution in [0.4, 0.5) is 4.79 Å². The Balaban J connectivity index is 1.94. The normalized spacial score (nSPS) is 32.5. The third-order valence-corrected chi connectivity index (χ3v) is 9.13. The van der Waals surface area contributed by atoms with Crippen LogP contribution < -0.4 is 10.6 Å². The van der Waals surface area contributed by atoms with Crippen LogP contribution in [0.1, 0.15) is 106 Å². The number of rotatable bonds is 2. The summed E-state index contributed by atoms with van der Waals surface area (Å²) >= 11 is 0. The van der Waals surface area contributed by atoms with Crippen molar-refractivity contribution in [2.75, 3.05) is 6.54 Å². The maximum absolute atomic E-state index is 14.3. The highest BCUT2D eigenvalue weighted by molar-refractivity contribution is 5.93. The van der Waals surface area contributed by atoms with Gasteiger partial charge in [0.1, 0.15) is 17.7 Å². The molecule has 0 aromatic carbocycles. The molecule has 2 aliphatic heterocycles. The van der Waals surface area contributed by atoms with Gasteiger partial charge in [-0.3, -0.25) is 9.59 Å². The first kappa shape index (κ1) is 31.2. The molecular formula is C30H50N4O5. The second kappa shape index (κ2) is 12.0. The molecule has 9 heteroatoms. The van der Waals surface area contributed by atoms with Crippen LogP contribution in [0.5, 0.6) is 0 Å². The fraction of sp³-hybridized carbons (Fsp3) is 0.867. The van der Waals surface area contributed by atoms with Gasteiger partial charge in [-0.1, -0.05) is 72.6 Å². The summed E-state index contributed by atoms with van der Waals surface area (Å²) in [5, 5.41) is 25.6. The first-order chi connectivity index (χ1) is 18.1. The fourth-order valence-corrected chi connectivity index (χ4v) is 6.64. The van der Waals surface area contributed by atoms with Crippen LogP contribution in [0, 0.1) is 34.0 Å². The molecule has 0 aromatic rings. The van der Waals surface area contributed by atoms with E-state index in [2.05, 4.69) is 24.5 Å². The van der Waals surface area contributed by atoms with Crippen molar-refractivity contribution < 1.29 is 24.2 Å². The van der Waals surface area contributed by atoms with Crippen LogP contribution in [0.2, 0.25) is 0 Å². The maximum atomic E-state index is 14.3. The molecule has 0 aromatic heterocycles. The number of carbonyl (C=O) groups excluding carboxylic acids is 3. The van der Waals surface area contributed by atoms with Gasteiger partial charge < -0.3 is 25.4 Å². The monoisotopic (exact) mass is 546 g/mol. The number of hydrogen-bond donors (Lipinski definition) is 3. The standard InChI is InChI=1S/C30H50N4O5/c1-28(2,3)39-27(38)33-24-26(37)34-18-19-22(30(19,6)7)23(34)25(36)32-20(21(35)17-31)15-13-11-9-8-10-12-14-16-29(24,4)5/h19-24,35H,8-16,18H2,1-7H3,(H,32,36)(H,33,38)/t19-,20-,21?,22?,23-,24+/m0/s1. The molecule has 2 unspecified atom stereocenters. The van der Waals surface area contributed by atoms with Crippen molar-refractivity contribution in [1.82, 2.24) is 15.5 Å². The molecule has 3 N–H and O–H groups in total. The highest BCUT2D eigenvalue weighted by Gasteiger charge is 2.70. The number of nitriles is 1. The molecule has 220 valence electrons. The molecule has 1 saturated carbocycles. The smallest absolute Gasteiger partial charge is 0.408 e. The predicted molar refractivity (Wildman–Crippen MR) is 148 cm³/mol. The summed E-state index contributed by atoms with van der Waals surface area (Å²) < 4.78 is 5.53. The van der Waals surface area contributed by atoms with Gasteiger partial charge in [0.25, 0.3) is 0 Å². The van der Waals surface area contributed by atoms with Crippen molar-refractivity contribution in [2.24, 2.45) is 22.7 Å². The zero-order valence-corrected chi connectivity index (χ0v) is 25.0. The summed E-state index contributed by atoms with van der Waals surface area (Å²) in [7, 11) is 0. The van der Waals surface area contributed by atoms with Crippen molar-refractivity contribution in [3.05, 3.63) is 0 Å². The maximum Gasteiger partial charge on any atom is 0.408 e. The van der Waals surface area contributed by atoms with E-state index < -0.39 is 41.3 Å². The molecule has 3 fully saturated rings. The Bertz CT molecular complexity index is 950. The van der Waals surface area contributed by atoms with Crippen LogP contribution in [0.25, 0.3) is 0 Å². The topological polar surface area (TPSA) is 132 Å². The number of aliphatic hydroxyl groups excluding tert-OH is 1. The Morgan fingerprint density at radius 3 is 2.28 bits per heavy atom. The second-order valence-corrected chi connectivity index (χ2v) is 14.2. The first-order valence-electron chi connectivity index (χ1n) is 14.8. The summed E-state index contributed by atoms with van der Waals surface area (Å²) in [5.74, 6) is -0.462. The Morgan fingerprint density at radius 2 is 1.69 bits per heavy atom. The average Bonchev–Trinajstić information content (AvgIpc) is 3.16. The summed E-state index contributed by atoms with van der Waals surface area (Å²) in [6, 6.07) is -0.396. The first-order valence-corrected chi connectivity index (χ1v) is 14.8. The van der Waals surface area contributed by atoms with E-state index in [0.717, 1.165) is 51.4 Å². The number of carbonyl (C=O) groups is 3. The summed E-state index contributed by atoms with van der Waals surface area (Å²) in [6.45, 7) is 14.0. The number of alkyl carbamates (subject to hydrolysis) is 1. The number of amides is 3. The molecule has 0 spiro atoms. The molecule has 2 heterocycles. The summed E-state index contributed by atoms with van der Waals surface area (Å²) in [4.78, 5) is 42.6. The highest BCUT2D eigenvalue weighted by Crippen LogP contribution is 2.65. The minimum atomic E-state index is -1.31. The number of piperidine rings is 1. The van der Waals surface area contributed by atoms with Gasteiger partial charge in [-0.25, -0.2) is 4.79 Å². The van der Waals surface area contributed by atoms with E-state index in [1.807, 2.05) is 19.9 Å². The van der Waals surface area contributed by atoms with E-state index in [-0.39, 0.29) is 29.1 Å². The SMILES string of the molecule is CC(C)(C)OC(=O)N[C@@H]1C(=O)N2C[C@H]3C([C@H]2C(=O)N[C@H](C(O)C#N)CCCCCCCCCC1(C)C)C3(C)C. The molecule has 1 aliphatic carbocycles. The van der Waals surface area contributed by atoms with Crippen molar-refractivity contribution in [2.45, 2.75) is 136 Å². The molecule has 0 bridgehead atoms. The zero-order chi connectivity index (χ0) is 29.2. The summed E-state index contributed by atoms with van der Waals surface area (Å²) in [5.41, 5.74) is -1.37. The lowest BCUT2D eigenvalue weighted by Crippen LogP contribution is -2.61.